The third-order valence-corrected chi connectivity index (χ3v) is 7.26. The van der Waals surface area contributed by atoms with E-state index in [0.717, 1.165) is 65.4 Å². The van der Waals surface area contributed by atoms with Gasteiger partial charge in [0.2, 0.25) is 0 Å². The van der Waals surface area contributed by atoms with Gasteiger partial charge >= 0.3 is 0 Å². The molecule has 0 aliphatic carbocycles. The highest BCUT2D eigenvalue weighted by molar-refractivity contribution is 5.97. The van der Waals surface area contributed by atoms with Crippen LogP contribution < -0.4 is 0 Å². The molecule has 7 heteroatoms. The predicted octanol–water partition coefficient (Wildman–Crippen LogP) is 2.96. The molecule has 0 radical (unpaired) electrons. The molecule has 2 fully saturated rings. The maximum Gasteiger partial charge on any atom is 0.166 e. The Kier molecular flexibility index (Phi) is 8.32. The molecule has 2 aliphatic heterocycles. The molecule has 2 unspecified atom stereocenters. The lowest BCUT2D eigenvalue weighted by molar-refractivity contribution is 0.0590. The fourth-order valence-electron chi connectivity index (χ4n) is 5.03. The van der Waals surface area contributed by atoms with Gasteiger partial charge in [-0.1, -0.05) is 19.1 Å². The second-order valence-corrected chi connectivity index (χ2v) is 9.82. The molecule has 2 atom stereocenters. The van der Waals surface area contributed by atoms with Crippen LogP contribution in [0.2, 0.25) is 0 Å². The number of piperazine rings is 2. The van der Waals surface area contributed by atoms with Gasteiger partial charge in [0.05, 0.1) is 0 Å². The molecule has 1 N–H and O–H groups in total. The lowest BCUT2D eigenvalue weighted by Gasteiger charge is -2.42. The van der Waals surface area contributed by atoms with Crippen molar-refractivity contribution >= 4 is 5.78 Å². The number of likely N-dealkylation sites (N-methyl/N-ethyl adjacent to an activating group) is 1. The lowest BCUT2D eigenvalue weighted by Crippen LogP contribution is -2.52. The summed E-state index contributed by atoms with van der Waals surface area (Å²) in [6.45, 7) is 11.6. The van der Waals surface area contributed by atoms with E-state index in [-0.39, 0.29) is 29.3 Å². The summed E-state index contributed by atoms with van der Waals surface area (Å²) in [7, 11) is 2.16. The Morgan fingerprint density at radius 2 is 1.41 bits per heavy atom. The highest BCUT2D eigenvalue weighted by Gasteiger charge is 2.28. The number of hydrogen-bond acceptors (Lipinski definition) is 6. The van der Waals surface area contributed by atoms with Gasteiger partial charge in [0.25, 0.3) is 0 Å². The number of benzene rings is 2. The zero-order valence-corrected chi connectivity index (χ0v) is 20.4. The van der Waals surface area contributed by atoms with Gasteiger partial charge in [-0.05, 0) is 49.0 Å². The van der Waals surface area contributed by atoms with E-state index in [2.05, 4.69) is 26.6 Å². The molecule has 0 spiro atoms. The summed E-state index contributed by atoms with van der Waals surface area (Å²) in [5.74, 6) is 0.0172. The Balaban J connectivity index is 1.32. The van der Waals surface area contributed by atoms with Crippen molar-refractivity contribution in [2.24, 2.45) is 5.92 Å². The van der Waals surface area contributed by atoms with Crippen LogP contribution in [0.25, 0.3) is 0 Å². The minimum Gasteiger partial charge on any atom is -0.508 e. The summed E-state index contributed by atoms with van der Waals surface area (Å²) in [6, 6.07) is 13.8. The van der Waals surface area contributed by atoms with E-state index < -0.39 is 0 Å². The fraction of sp³-hybridized carbons (Fsp3) is 0.519. The third-order valence-electron chi connectivity index (χ3n) is 7.26. The maximum absolute atomic E-state index is 13.6. The van der Waals surface area contributed by atoms with E-state index in [0.29, 0.717) is 5.56 Å². The first-order chi connectivity index (χ1) is 16.4. The molecule has 2 saturated heterocycles. The first kappa shape index (κ1) is 24.8. The number of hydrogen-bond donors (Lipinski definition) is 1. The minimum atomic E-state index is -0.189. The molecule has 0 saturated carbocycles. The van der Waals surface area contributed by atoms with Crippen LogP contribution >= 0.6 is 0 Å². The van der Waals surface area contributed by atoms with Gasteiger partial charge in [-0.25, -0.2) is 4.39 Å². The molecule has 2 heterocycles. The van der Waals surface area contributed by atoms with Crippen molar-refractivity contribution in [1.82, 2.24) is 19.6 Å². The van der Waals surface area contributed by atoms with Gasteiger partial charge in [-0.15, -0.1) is 0 Å². The molecule has 0 amide bonds. The number of phenolic OH excluding ortho intramolecular Hbond substituents is 1. The zero-order chi connectivity index (χ0) is 24.1. The smallest absolute Gasteiger partial charge is 0.166 e. The predicted molar refractivity (Wildman–Crippen MR) is 133 cm³/mol. The van der Waals surface area contributed by atoms with E-state index in [1.54, 1.807) is 36.4 Å². The number of nitrogens with zero attached hydrogens (tertiary/aromatic N) is 4. The van der Waals surface area contributed by atoms with Gasteiger partial charge < -0.3 is 14.9 Å². The van der Waals surface area contributed by atoms with Crippen LogP contribution in [-0.2, 0) is 0 Å². The number of phenols is 1. The van der Waals surface area contributed by atoms with Crippen LogP contribution in [0.4, 0.5) is 4.39 Å². The summed E-state index contributed by atoms with van der Waals surface area (Å²) < 4.78 is 13.6. The average molecular weight is 469 g/mol. The summed E-state index contributed by atoms with van der Waals surface area (Å²) in [4.78, 5) is 22.5. The number of aromatic hydroxyl groups is 1. The number of carbonyl (C=O) groups excluding carboxylic acids is 1. The molecular formula is C27H37FN4O2. The van der Waals surface area contributed by atoms with Crippen LogP contribution in [0.5, 0.6) is 5.75 Å². The van der Waals surface area contributed by atoms with Crippen molar-refractivity contribution in [1.29, 1.82) is 0 Å². The van der Waals surface area contributed by atoms with Crippen molar-refractivity contribution < 1.29 is 14.3 Å². The van der Waals surface area contributed by atoms with Crippen LogP contribution in [0.15, 0.2) is 48.5 Å². The van der Waals surface area contributed by atoms with Gasteiger partial charge in [0.15, 0.2) is 5.78 Å². The first-order valence-electron chi connectivity index (χ1n) is 12.3. The van der Waals surface area contributed by atoms with Crippen molar-refractivity contribution in [3.05, 3.63) is 65.5 Å². The number of carbonyl (C=O) groups is 1. The van der Waals surface area contributed by atoms with Crippen molar-refractivity contribution in [3.8, 4) is 5.75 Å². The Bertz CT molecular complexity index is 921. The standard InChI is InChI=1S/C27H37FN4O2/c1-21(27(34)23-5-9-25(33)10-6-23)19-30-13-15-31(16-14-30)20-26(22-3-7-24(28)8-4-22)32-17-11-29(2)12-18-32/h3-10,21,26,33H,11-20H2,1-2H3. The van der Waals surface area contributed by atoms with Gasteiger partial charge in [-0.2, -0.15) is 0 Å². The van der Waals surface area contributed by atoms with E-state index in [4.69, 9.17) is 0 Å². The van der Waals surface area contributed by atoms with Crippen molar-refractivity contribution in [2.45, 2.75) is 13.0 Å². The molecule has 0 bridgehead atoms. The molecule has 34 heavy (non-hydrogen) atoms. The molecular weight excluding hydrogens is 431 g/mol. The summed E-state index contributed by atoms with van der Waals surface area (Å²) >= 11 is 0. The second-order valence-electron chi connectivity index (χ2n) is 9.82. The molecule has 2 aromatic rings. The highest BCUT2D eigenvalue weighted by Crippen LogP contribution is 2.25. The number of rotatable bonds is 8. The van der Waals surface area contributed by atoms with Crippen LogP contribution in [-0.4, -0.2) is 103 Å². The van der Waals surface area contributed by atoms with Crippen molar-refractivity contribution in [2.75, 3.05) is 72.5 Å². The quantitative estimate of drug-likeness (QED) is 0.602. The number of Topliss-reactive ketones (excluding diaryl/α,β-unsaturated/α-hetero) is 1. The molecule has 4 rings (SSSR count). The second kappa shape index (κ2) is 11.4. The van der Waals surface area contributed by atoms with E-state index in [1.165, 1.54) is 5.56 Å². The van der Waals surface area contributed by atoms with E-state index in [1.807, 2.05) is 19.1 Å². The Labute approximate surface area is 202 Å². The molecule has 2 aliphatic rings. The fourth-order valence-corrected chi connectivity index (χ4v) is 5.03. The summed E-state index contributed by atoms with van der Waals surface area (Å²) in [5, 5.41) is 9.46. The van der Waals surface area contributed by atoms with Crippen molar-refractivity contribution in [3.63, 3.8) is 0 Å². The van der Waals surface area contributed by atoms with Crippen LogP contribution in [0.3, 0.4) is 0 Å². The molecule has 184 valence electrons. The van der Waals surface area contributed by atoms with Crippen LogP contribution in [0.1, 0.15) is 28.9 Å². The number of ketones is 1. The van der Waals surface area contributed by atoms with Gasteiger partial charge in [-0.3, -0.25) is 14.6 Å². The zero-order valence-electron chi connectivity index (χ0n) is 20.4. The summed E-state index contributed by atoms with van der Waals surface area (Å²) in [6.07, 6.45) is 0. The maximum atomic E-state index is 13.6. The Hall–Kier alpha value is -2.32. The lowest BCUT2D eigenvalue weighted by atomic mass is 9.98. The highest BCUT2D eigenvalue weighted by atomic mass is 19.1. The Morgan fingerprint density at radius 1 is 0.853 bits per heavy atom. The topological polar surface area (TPSA) is 50.3 Å². The third kappa shape index (κ3) is 6.42. The molecule has 0 aromatic heterocycles. The Morgan fingerprint density at radius 3 is 2.00 bits per heavy atom. The number of halogens is 1. The van der Waals surface area contributed by atoms with Gasteiger partial charge in [0.1, 0.15) is 11.6 Å². The van der Waals surface area contributed by atoms with Gasteiger partial charge in [0, 0.05) is 83.0 Å². The summed E-state index contributed by atoms with van der Waals surface area (Å²) in [5.41, 5.74) is 1.83. The van der Waals surface area contributed by atoms with E-state index >= 15 is 0 Å². The molecule has 6 nitrogen and oxygen atoms in total. The van der Waals surface area contributed by atoms with Crippen LogP contribution in [0, 0.1) is 11.7 Å². The largest absolute Gasteiger partial charge is 0.508 e. The van der Waals surface area contributed by atoms with E-state index in [9.17, 15) is 14.3 Å². The normalized spacial score (nSPS) is 20.8. The minimum absolute atomic E-state index is 0.0894. The first-order valence-corrected chi connectivity index (χ1v) is 12.3. The monoisotopic (exact) mass is 468 g/mol. The molecule has 2 aromatic carbocycles. The SMILES string of the molecule is CC(CN1CCN(CC(c2ccc(F)cc2)N2CCN(C)CC2)CC1)C(=O)c1ccc(O)cc1. The average Bonchev–Trinajstić information content (AvgIpc) is 2.85.